The van der Waals surface area contributed by atoms with Crippen LogP contribution in [0.1, 0.15) is 5.69 Å². The minimum absolute atomic E-state index is 0.175. The summed E-state index contributed by atoms with van der Waals surface area (Å²) in [4.78, 5) is 10.3. The van der Waals surface area contributed by atoms with Crippen LogP contribution in [0.5, 0.6) is 0 Å². The highest BCUT2D eigenvalue weighted by Gasteiger charge is 2.05. The summed E-state index contributed by atoms with van der Waals surface area (Å²) < 4.78 is 2.00. The summed E-state index contributed by atoms with van der Waals surface area (Å²) in [5.74, 6) is 0. The molecule has 80 valence electrons. The summed E-state index contributed by atoms with van der Waals surface area (Å²) >= 11 is 0. The van der Waals surface area contributed by atoms with E-state index in [0.29, 0.717) is 6.54 Å². The van der Waals surface area contributed by atoms with Crippen molar-refractivity contribution in [2.75, 3.05) is 20.2 Å². The molecule has 5 heteroatoms. The van der Waals surface area contributed by atoms with E-state index in [-0.39, 0.29) is 6.61 Å². The highest BCUT2D eigenvalue weighted by Crippen LogP contribution is 2.06. The molecule has 0 amide bonds. The Balaban J connectivity index is 2.21. The fourth-order valence-electron chi connectivity index (χ4n) is 1.54. The second kappa shape index (κ2) is 4.37. The molecule has 2 aromatic rings. The molecule has 1 N–H and O–H groups in total. The van der Waals surface area contributed by atoms with Gasteiger partial charge >= 0.3 is 0 Å². The number of aliphatic hydroxyl groups is 1. The van der Waals surface area contributed by atoms with Crippen LogP contribution in [0, 0.1) is 0 Å². The van der Waals surface area contributed by atoms with Crippen molar-refractivity contribution in [3.8, 4) is 0 Å². The van der Waals surface area contributed by atoms with Gasteiger partial charge in [0.25, 0.3) is 0 Å². The van der Waals surface area contributed by atoms with Crippen molar-refractivity contribution < 1.29 is 5.11 Å². The van der Waals surface area contributed by atoms with Gasteiger partial charge in [0.2, 0.25) is 0 Å². The van der Waals surface area contributed by atoms with Gasteiger partial charge in [0.05, 0.1) is 24.7 Å². The minimum Gasteiger partial charge on any atom is -0.395 e. The van der Waals surface area contributed by atoms with Crippen molar-refractivity contribution in [3.63, 3.8) is 0 Å². The number of hydrogen-bond donors (Lipinski definition) is 1. The van der Waals surface area contributed by atoms with Crippen LogP contribution < -0.4 is 0 Å². The fraction of sp³-hybridized carbons (Fsp3) is 0.400. The minimum atomic E-state index is 0.175. The summed E-state index contributed by atoms with van der Waals surface area (Å²) in [6, 6.07) is 0. The second-order valence-electron chi connectivity index (χ2n) is 3.52. The maximum absolute atomic E-state index is 8.80. The number of aliphatic hydroxyl groups excluding tert-OH is 1. The monoisotopic (exact) mass is 206 g/mol. The third-order valence-corrected chi connectivity index (χ3v) is 2.31. The molecule has 0 bridgehead atoms. The Bertz CT molecular complexity index is 440. The van der Waals surface area contributed by atoms with Gasteiger partial charge in [-0.15, -0.1) is 0 Å². The van der Waals surface area contributed by atoms with Crippen molar-refractivity contribution >= 4 is 5.65 Å². The van der Waals surface area contributed by atoms with Gasteiger partial charge < -0.3 is 5.11 Å². The molecule has 15 heavy (non-hydrogen) atoms. The maximum atomic E-state index is 8.80. The third kappa shape index (κ3) is 2.14. The first-order valence-electron chi connectivity index (χ1n) is 4.86. The SMILES string of the molecule is CN(CCO)Cc1cnc2cnccn12. The molecule has 0 aliphatic rings. The first kappa shape index (κ1) is 10.1. The molecular weight excluding hydrogens is 192 g/mol. The van der Waals surface area contributed by atoms with E-state index in [1.165, 1.54) is 0 Å². The van der Waals surface area contributed by atoms with E-state index in [9.17, 15) is 0 Å². The Morgan fingerprint density at radius 1 is 1.47 bits per heavy atom. The molecule has 2 heterocycles. The summed E-state index contributed by atoms with van der Waals surface area (Å²) in [5.41, 5.74) is 1.95. The van der Waals surface area contributed by atoms with Gasteiger partial charge in [-0.05, 0) is 7.05 Å². The zero-order valence-electron chi connectivity index (χ0n) is 8.67. The van der Waals surface area contributed by atoms with Crippen molar-refractivity contribution in [1.29, 1.82) is 0 Å². The lowest BCUT2D eigenvalue weighted by Crippen LogP contribution is -2.22. The molecule has 5 nitrogen and oxygen atoms in total. The number of aromatic nitrogens is 3. The molecule has 0 saturated carbocycles. The first-order valence-corrected chi connectivity index (χ1v) is 4.86. The predicted octanol–water partition coefficient (Wildman–Crippen LogP) is 0.153. The second-order valence-corrected chi connectivity index (χ2v) is 3.52. The number of rotatable bonds is 4. The Labute approximate surface area is 88.0 Å². The molecule has 0 spiro atoms. The topological polar surface area (TPSA) is 53.7 Å². The zero-order valence-corrected chi connectivity index (χ0v) is 8.67. The van der Waals surface area contributed by atoms with Crippen LogP contribution in [-0.4, -0.2) is 44.6 Å². The molecule has 0 atom stereocenters. The lowest BCUT2D eigenvalue weighted by atomic mass is 10.4. The Morgan fingerprint density at radius 3 is 3.13 bits per heavy atom. The highest BCUT2D eigenvalue weighted by molar-refractivity contribution is 5.36. The Hall–Kier alpha value is -1.46. The molecular formula is C10H14N4O. The van der Waals surface area contributed by atoms with Gasteiger partial charge in [-0.2, -0.15) is 0 Å². The fourth-order valence-corrected chi connectivity index (χ4v) is 1.54. The molecule has 0 aromatic carbocycles. The van der Waals surface area contributed by atoms with Gasteiger partial charge in [-0.1, -0.05) is 0 Å². The van der Waals surface area contributed by atoms with Crippen LogP contribution in [0.4, 0.5) is 0 Å². The highest BCUT2D eigenvalue weighted by atomic mass is 16.3. The standard InChI is InChI=1S/C10H14N4O/c1-13(4-5-15)8-9-6-12-10-7-11-2-3-14(9)10/h2-3,6-7,15H,4-5,8H2,1H3. The maximum Gasteiger partial charge on any atom is 0.155 e. The van der Waals surface area contributed by atoms with E-state index in [1.54, 1.807) is 12.4 Å². The van der Waals surface area contributed by atoms with Crippen molar-refractivity contribution in [2.24, 2.45) is 0 Å². The van der Waals surface area contributed by atoms with E-state index >= 15 is 0 Å². The van der Waals surface area contributed by atoms with E-state index in [0.717, 1.165) is 17.9 Å². The van der Waals surface area contributed by atoms with Gasteiger partial charge in [-0.3, -0.25) is 14.3 Å². The quantitative estimate of drug-likeness (QED) is 0.774. The lowest BCUT2D eigenvalue weighted by Gasteiger charge is -2.14. The third-order valence-electron chi connectivity index (χ3n) is 2.31. The smallest absolute Gasteiger partial charge is 0.155 e. The Morgan fingerprint density at radius 2 is 2.33 bits per heavy atom. The van der Waals surface area contributed by atoms with E-state index in [4.69, 9.17) is 5.11 Å². The molecule has 0 radical (unpaired) electrons. The molecule has 0 aliphatic carbocycles. The van der Waals surface area contributed by atoms with Crippen LogP contribution in [0.15, 0.2) is 24.8 Å². The van der Waals surface area contributed by atoms with Crippen LogP contribution >= 0.6 is 0 Å². The summed E-state index contributed by atoms with van der Waals surface area (Å²) in [5, 5.41) is 8.80. The predicted molar refractivity (Wildman–Crippen MR) is 56.4 cm³/mol. The van der Waals surface area contributed by atoms with Crippen LogP contribution in [-0.2, 0) is 6.54 Å². The summed E-state index contributed by atoms with van der Waals surface area (Å²) in [6.07, 6.45) is 7.20. The molecule has 2 rings (SSSR count). The molecule has 2 aromatic heterocycles. The van der Waals surface area contributed by atoms with Gasteiger partial charge in [0, 0.05) is 25.5 Å². The van der Waals surface area contributed by atoms with Gasteiger partial charge in [-0.25, -0.2) is 4.98 Å². The number of fused-ring (bicyclic) bond motifs is 1. The van der Waals surface area contributed by atoms with E-state index in [1.807, 2.05) is 28.7 Å². The van der Waals surface area contributed by atoms with Gasteiger partial charge in [0.1, 0.15) is 0 Å². The first-order chi connectivity index (χ1) is 7.31. The average molecular weight is 206 g/mol. The molecule has 0 unspecified atom stereocenters. The zero-order chi connectivity index (χ0) is 10.7. The summed E-state index contributed by atoms with van der Waals surface area (Å²) in [6.45, 7) is 1.61. The number of likely N-dealkylation sites (N-methyl/N-ethyl adjacent to an activating group) is 1. The number of hydrogen-bond acceptors (Lipinski definition) is 4. The van der Waals surface area contributed by atoms with Crippen molar-refractivity contribution in [3.05, 3.63) is 30.5 Å². The normalized spacial score (nSPS) is 11.4. The van der Waals surface area contributed by atoms with Crippen LogP contribution in [0.25, 0.3) is 5.65 Å². The molecule has 0 saturated heterocycles. The number of nitrogens with zero attached hydrogens (tertiary/aromatic N) is 4. The van der Waals surface area contributed by atoms with Crippen LogP contribution in [0.3, 0.4) is 0 Å². The molecule has 0 fully saturated rings. The van der Waals surface area contributed by atoms with Crippen molar-refractivity contribution in [1.82, 2.24) is 19.3 Å². The van der Waals surface area contributed by atoms with E-state index < -0.39 is 0 Å². The van der Waals surface area contributed by atoms with Crippen molar-refractivity contribution in [2.45, 2.75) is 6.54 Å². The average Bonchev–Trinajstić information content (AvgIpc) is 2.62. The number of imidazole rings is 1. The summed E-state index contributed by atoms with van der Waals surface area (Å²) in [7, 11) is 1.97. The Kier molecular flexibility index (Phi) is 2.94. The van der Waals surface area contributed by atoms with E-state index in [2.05, 4.69) is 9.97 Å². The molecule has 0 aliphatic heterocycles. The largest absolute Gasteiger partial charge is 0.395 e. The van der Waals surface area contributed by atoms with Crippen LogP contribution in [0.2, 0.25) is 0 Å². The lowest BCUT2D eigenvalue weighted by molar-refractivity contribution is 0.216. The van der Waals surface area contributed by atoms with Gasteiger partial charge in [0.15, 0.2) is 5.65 Å².